The molecule has 32 heteroatoms. The third kappa shape index (κ3) is 16.6. The van der Waals surface area contributed by atoms with Crippen molar-refractivity contribution >= 4 is 157 Å². The van der Waals surface area contributed by atoms with Gasteiger partial charge in [-0.05, 0) is 133 Å². The maximum absolute atomic E-state index is 12.7. The summed E-state index contributed by atoms with van der Waals surface area (Å²) < 4.78 is 26.5. The molecular formula is C58H42Cl6N12O8S6. The number of carbonyl (C=O) groups excluding carboxylic acids is 2. The van der Waals surface area contributed by atoms with E-state index in [4.69, 9.17) is 93.5 Å². The molecule has 0 saturated heterocycles. The number of aromatic carboxylic acids is 1. The Morgan fingerprint density at radius 2 is 0.911 bits per heavy atom. The number of thiazole rings is 3. The zero-order valence-electron chi connectivity index (χ0n) is 46.4. The molecule has 2 N–H and O–H groups in total. The van der Waals surface area contributed by atoms with Crippen LogP contribution in [-0.4, -0.2) is 110 Å². The number of H-pyrrole nitrogens is 1. The highest BCUT2D eigenvalue weighted by Crippen LogP contribution is 2.40. The highest BCUT2D eigenvalue weighted by Gasteiger charge is 2.32. The van der Waals surface area contributed by atoms with Crippen LogP contribution in [0.3, 0.4) is 0 Å². The van der Waals surface area contributed by atoms with E-state index in [0.29, 0.717) is 62.6 Å². The number of nitrogens with zero attached hydrogens (tertiary/aromatic N) is 11. The van der Waals surface area contributed by atoms with Gasteiger partial charge in [0, 0.05) is 32.8 Å². The van der Waals surface area contributed by atoms with E-state index >= 15 is 0 Å². The Bertz CT molecular complexity index is 4380. The molecule has 0 bridgehead atoms. The first-order valence-electron chi connectivity index (χ1n) is 26.5. The molecule has 2 saturated carbocycles. The van der Waals surface area contributed by atoms with Crippen molar-refractivity contribution in [1.82, 2.24) is 60.4 Å². The van der Waals surface area contributed by atoms with Crippen LogP contribution in [0.1, 0.15) is 68.3 Å². The quantitative estimate of drug-likeness (QED) is 0.0673. The van der Waals surface area contributed by atoms with Gasteiger partial charge in [-0.1, -0.05) is 122 Å². The average Bonchev–Trinajstić information content (AvgIpc) is 2.15. The summed E-state index contributed by atoms with van der Waals surface area (Å²) in [6.07, 6.45) is 3.57. The number of aromatic amines is 1. The molecule has 2 fully saturated rings. The minimum absolute atomic E-state index is 0.0168. The first kappa shape index (κ1) is 64.7. The number of halogens is 6. The monoisotopic (exact) mass is 1440 g/mol. The number of carboxylic acids is 1. The van der Waals surface area contributed by atoms with Gasteiger partial charge in [0.25, 0.3) is 0 Å². The Morgan fingerprint density at radius 3 is 1.30 bits per heavy atom. The molecule has 0 atom stereocenters. The van der Waals surface area contributed by atoms with Crippen molar-refractivity contribution in [2.75, 3.05) is 14.2 Å². The normalized spacial score (nSPS) is 12.6. The Morgan fingerprint density at radius 1 is 0.522 bits per heavy atom. The van der Waals surface area contributed by atoms with Gasteiger partial charge >= 0.3 is 17.9 Å². The second-order valence-electron chi connectivity index (χ2n) is 19.2. The first-order chi connectivity index (χ1) is 43.5. The predicted molar refractivity (Wildman–Crippen MR) is 350 cm³/mol. The SMILES string of the molecule is COc1ccc(Cn2nnc(C(=O)O)c2Sc2nc(-c3ccc(Cl)c(Cl)c3)cs2)cc1.COc1ccc(Cn2nnc(C(=O)OC3CC3)c2Sc2nc(-c3ccc(Cl)c(Cl)c3)cs2)cc1.O=C(OC1CC1)c1n[nH]nc1Sc1nc(-c2ccc(Cl)c(Cl)c2)cs1. The second-order valence-corrected chi connectivity index (χ2v) is 27.9. The zero-order chi connectivity index (χ0) is 63.0. The molecular weight excluding hydrogens is 1400 g/mol. The Labute approximate surface area is 566 Å². The summed E-state index contributed by atoms with van der Waals surface area (Å²) in [5, 5.41) is 46.2. The number of rotatable bonds is 20. The smallest absolute Gasteiger partial charge is 0.362 e. The molecule has 13 rings (SSSR count). The Balaban J connectivity index is 0.000000140. The molecule has 6 aromatic heterocycles. The summed E-state index contributed by atoms with van der Waals surface area (Å²) in [4.78, 5) is 50.3. The Kier molecular flexibility index (Phi) is 21.3. The third-order valence-corrected chi connectivity index (χ3v) is 20.9. The topological polar surface area (TPSA) is 250 Å². The lowest BCUT2D eigenvalue weighted by Gasteiger charge is -2.07. The first-order valence-corrected chi connectivity index (χ1v) is 33.9. The number of carboxylic acid groups (broad SMARTS) is 1. The summed E-state index contributed by atoms with van der Waals surface area (Å²) in [5.74, 6) is -0.568. The van der Waals surface area contributed by atoms with Crippen molar-refractivity contribution in [2.45, 2.75) is 79.1 Å². The molecule has 5 aromatic carbocycles. The largest absolute Gasteiger partial charge is 0.497 e. The molecule has 0 unspecified atom stereocenters. The third-order valence-electron chi connectivity index (χ3n) is 12.7. The summed E-state index contributed by atoms with van der Waals surface area (Å²) in [6.45, 7) is 0.790. The van der Waals surface area contributed by atoms with Gasteiger partial charge in [-0.2, -0.15) is 5.21 Å². The van der Waals surface area contributed by atoms with Crippen molar-refractivity contribution in [2.24, 2.45) is 0 Å². The fourth-order valence-corrected chi connectivity index (χ4v) is 14.2. The molecule has 90 heavy (non-hydrogen) atoms. The van der Waals surface area contributed by atoms with Crippen LogP contribution in [0.4, 0.5) is 0 Å². The number of nitrogens with one attached hydrogen (secondary N) is 1. The van der Waals surface area contributed by atoms with Gasteiger partial charge in [-0.15, -0.1) is 54.4 Å². The summed E-state index contributed by atoms with van der Waals surface area (Å²) in [5.41, 5.74) is 6.98. The van der Waals surface area contributed by atoms with Crippen molar-refractivity contribution in [3.63, 3.8) is 0 Å². The summed E-state index contributed by atoms with van der Waals surface area (Å²) >= 11 is 44.4. The zero-order valence-corrected chi connectivity index (χ0v) is 55.8. The molecule has 11 aromatic rings. The van der Waals surface area contributed by atoms with Crippen molar-refractivity contribution in [3.05, 3.63) is 178 Å². The number of hydrogen-bond donors (Lipinski definition) is 2. The number of benzene rings is 5. The Hall–Kier alpha value is -6.79. The molecule has 0 amide bonds. The highest BCUT2D eigenvalue weighted by atomic mass is 35.5. The second kappa shape index (κ2) is 29.7. The van der Waals surface area contributed by atoms with E-state index in [1.807, 2.05) is 82.9 Å². The number of hydrogen-bond acceptors (Lipinski definition) is 22. The molecule has 2 aliphatic rings. The molecule has 460 valence electrons. The molecule has 2 aliphatic carbocycles. The minimum atomic E-state index is -1.15. The number of ether oxygens (including phenoxy) is 4. The lowest BCUT2D eigenvalue weighted by Crippen LogP contribution is -2.09. The number of methoxy groups -OCH3 is 2. The van der Waals surface area contributed by atoms with Gasteiger partial charge in [-0.3, -0.25) is 0 Å². The van der Waals surface area contributed by atoms with Crippen LogP contribution in [0.5, 0.6) is 11.5 Å². The lowest BCUT2D eigenvalue weighted by molar-refractivity contribution is 0.0451. The van der Waals surface area contributed by atoms with Crippen LogP contribution < -0.4 is 9.47 Å². The van der Waals surface area contributed by atoms with E-state index < -0.39 is 17.9 Å². The van der Waals surface area contributed by atoms with Crippen LogP contribution in [0.2, 0.25) is 30.1 Å². The van der Waals surface area contributed by atoms with Crippen LogP contribution >= 0.6 is 139 Å². The molecule has 0 radical (unpaired) electrons. The number of esters is 2. The van der Waals surface area contributed by atoms with E-state index in [-0.39, 0.29) is 29.3 Å². The highest BCUT2D eigenvalue weighted by molar-refractivity contribution is 8.01. The predicted octanol–water partition coefficient (Wildman–Crippen LogP) is 16.6. The van der Waals surface area contributed by atoms with Crippen LogP contribution in [0.15, 0.2) is 147 Å². The van der Waals surface area contributed by atoms with Crippen LogP contribution in [-0.2, 0) is 22.6 Å². The standard InChI is InChI=1S/C23H18Cl2N4O3S2.C20H14Cl2N4O3S2.C15H10Cl2N4O2S2/c1-31-15-5-2-13(3-6-15)11-29-21(20(27-28-29)22(30)32-16-7-8-16)34-23-26-19(12-33-23)14-4-9-17(24)18(25)10-14;1-29-13-5-2-11(3-6-13)9-26-18(17(19(27)28)24-25-26)31-20-23-16(10-30-20)12-4-7-14(21)15(22)8-12;16-9-4-1-7(5-10(9)17)11-6-24-15(18-11)25-13-12(19-21-20-13)14(22)23-8-2-3-8/h2-6,9-10,12,16H,7-8,11H2,1H3;2-8,10H,9H2,1H3,(H,27,28);1,4-6,8H,2-3H2,(H,19,20,21). The van der Waals surface area contributed by atoms with Crippen molar-refractivity contribution in [1.29, 1.82) is 0 Å². The molecule has 20 nitrogen and oxygen atoms in total. The molecule has 0 spiro atoms. The molecule has 0 aliphatic heterocycles. The van der Waals surface area contributed by atoms with E-state index in [9.17, 15) is 19.5 Å². The summed E-state index contributed by atoms with van der Waals surface area (Å²) in [6, 6.07) is 31.1. The average molecular weight is 1440 g/mol. The van der Waals surface area contributed by atoms with E-state index in [1.54, 1.807) is 60.0 Å². The van der Waals surface area contributed by atoms with Gasteiger partial charge in [0.05, 0.1) is 74.5 Å². The molecule has 6 heterocycles. The fourth-order valence-electron chi connectivity index (χ4n) is 7.82. The van der Waals surface area contributed by atoms with Gasteiger partial charge in [-0.25, -0.2) is 38.7 Å². The van der Waals surface area contributed by atoms with Gasteiger partial charge in [0.2, 0.25) is 17.1 Å². The fraction of sp³-hybridized carbons (Fsp3) is 0.172. The van der Waals surface area contributed by atoms with Gasteiger partial charge in [0.1, 0.15) is 33.8 Å². The maximum Gasteiger partial charge on any atom is 0.362 e. The lowest BCUT2D eigenvalue weighted by atomic mass is 10.2. The maximum atomic E-state index is 12.7. The minimum Gasteiger partial charge on any atom is -0.497 e. The van der Waals surface area contributed by atoms with Crippen molar-refractivity contribution in [3.8, 4) is 45.3 Å². The summed E-state index contributed by atoms with van der Waals surface area (Å²) in [7, 11) is 3.22. The van der Waals surface area contributed by atoms with E-state index in [2.05, 4.69) is 46.0 Å². The number of carbonyl (C=O) groups is 3. The number of aromatic nitrogens is 12. The van der Waals surface area contributed by atoms with E-state index in [0.717, 1.165) is 90.8 Å². The van der Waals surface area contributed by atoms with Crippen LogP contribution in [0.25, 0.3) is 33.8 Å². The van der Waals surface area contributed by atoms with Crippen LogP contribution in [0, 0.1) is 0 Å². The van der Waals surface area contributed by atoms with E-state index in [1.165, 1.54) is 69.3 Å². The van der Waals surface area contributed by atoms with Gasteiger partial charge < -0.3 is 24.1 Å². The van der Waals surface area contributed by atoms with Gasteiger partial charge in [0.15, 0.2) is 18.0 Å². The van der Waals surface area contributed by atoms with Crippen molar-refractivity contribution < 1.29 is 38.4 Å².